The smallest absolute Gasteiger partial charge is 0.101 e. The SMILES string of the molecule is C=Cc1ccc(N2CCC(CN3CCCCN(c4ccccc4)C3=C)CC2)cc1C(=C)N(C)C1CCC(=C)NC1=C. The van der Waals surface area contributed by atoms with Crippen LogP contribution >= 0.6 is 0 Å². The Labute approximate surface area is 247 Å². The Morgan fingerprint density at radius 3 is 2.39 bits per heavy atom. The van der Waals surface area contributed by atoms with Crippen LogP contribution in [0.25, 0.3) is 11.8 Å². The zero-order chi connectivity index (χ0) is 28.9. The number of hydrogen-bond donors (Lipinski definition) is 1. The molecular weight excluding hydrogens is 502 g/mol. The molecule has 5 rings (SSSR count). The number of para-hydroxylation sites is 1. The van der Waals surface area contributed by atoms with Gasteiger partial charge in [0, 0.05) is 73.8 Å². The number of likely N-dealkylation sites (N-methyl/N-ethyl adjacent to an activating group) is 1. The highest BCUT2D eigenvalue weighted by Crippen LogP contribution is 2.33. The number of piperidine rings is 2. The Balaban J connectivity index is 1.23. The largest absolute Gasteiger partial charge is 0.371 e. The first-order chi connectivity index (χ1) is 19.9. The van der Waals surface area contributed by atoms with Gasteiger partial charge in [-0.15, -0.1) is 0 Å². The van der Waals surface area contributed by atoms with Crippen molar-refractivity contribution in [2.45, 2.75) is 44.6 Å². The summed E-state index contributed by atoms with van der Waals surface area (Å²) in [7, 11) is 2.12. The second-order valence-corrected chi connectivity index (χ2v) is 11.8. The van der Waals surface area contributed by atoms with Crippen molar-refractivity contribution < 1.29 is 0 Å². The summed E-state index contributed by atoms with van der Waals surface area (Å²) in [5, 5.41) is 3.35. The fourth-order valence-corrected chi connectivity index (χ4v) is 6.60. The highest BCUT2D eigenvalue weighted by atomic mass is 15.3. The molecule has 2 aromatic carbocycles. The summed E-state index contributed by atoms with van der Waals surface area (Å²) in [4.78, 5) is 9.75. The number of rotatable bonds is 8. The van der Waals surface area contributed by atoms with Gasteiger partial charge >= 0.3 is 0 Å². The molecule has 1 unspecified atom stereocenters. The number of nitrogens with one attached hydrogen (secondary N) is 1. The van der Waals surface area contributed by atoms with Gasteiger partial charge in [0.25, 0.3) is 0 Å². The minimum Gasteiger partial charge on any atom is -0.371 e. The van der Waals surface area contributed by atoms with E-state index < -0.39 is 0 Å². The first-order valence-corrected chi connectivity index (χ1v) is 15.2. The van der Waals surface area contributed by atoms with Crippen molar-refractivity contribution in [2.24, 2.45) is 5.92 Å². The van der Waals surface area contributed by atoms with Gasteiger partial charge in [-0.3, -0.25) is 0 Å². The molecule has 1 atom stereocenters. The molecule has 0 saturated carbocycles. The Morgan fingerprint density at radius 2 is 1.68 bits per heavy atom. The number of nitrogens with zero attached hydrogens (tertiary/aromatic N) is 4. The second kappa shape index (κ2) is 12.8. The topological polar surface area (TPSA) is 25.0 Å². The number of anilines is 2. The number of benzene rings is 2. The van der Waals surface area contributed by atoms with Gasteiger partial charge in [-0.2, -0.15) is 0 Å². The lowest BCUT2D eigenvalue weighted by Crippen LogP contribution is -2.41. The number of allylic oxidation sites excluding steroid dienone is 1. The molecule has 3 aliphatic rings. The monoisotopic (exact) mass is 549 g/mol. The van der Waals surface area contributed by atoms with Crippen LogP contribution in [-0.4, -0.2) is 55.6 Å². The highest BCUT2D eigenvalue weighted by molar-refractivity contribution is 5.75. The predicted octanol–water partition coefficient (Wildman–Crippen LogP) is 7.30. The molecule has 5 heteroatoms. The summed E-state index contributed by atoms with van der Waals surface area (Å²) in [5.74, 6) is 1.83. The normalized spacial score (nSPS) is 20.5. The molecular formula is C36H47N5. The lowest BCUT2D eigenvalue weighted by molar-refractivity contribution is 0.256. The summed E-state index contributed by atoms with van der Waals surface area (Å²) in [6.07, 6.45) is 8.66. The van der Waals surface area contributed by atoms with Crippen LogP contribution in [0.1, 0.15) is 49.7 Å². The molecule has 3 fully saturated rings. The zero-order valence-corrected chi connectivity index (χ0v) is 25.0. The highest BCUT2D eigenvalue weighted by Gasteiger charge is 2.28. The van der Waals surface area contributed by atoms with Crippen molar-refractivity contribution in [2.75, 3.05) is 49.6 Å². The minimum absolute atomic E-state index is 0.191. The zero-order valence-electron chi connectivity index (χ0n) is 25.0. The molecule has 0 radical (unpaired) electrons. The minimum atomic E-state index is 0.191. The summed E-state index contributed by atoms with van der Waals surface area (Å²) >= 11 is 0. The molecule has 41 heavy (non-hydrogen) atoms. The molecule has 0 spiro atoms. The molecule has 2 aromatic rings. The van der Waals surface area contributed by atoms with Gasteiger partial charge in [-0.05, 0) is 74.3 Å². The third-order valence-electron chi connectivity index (χ3n) is 9.18. The molecule has 3 aliphatic heterocycles. The van der Waals surface area contributed by atoms with Gasteiger partial charge in [0.05, 0.1) is 6.04 Å². The van der Waals surface area contributed by atoms with E-state index in [2.05, 4.69) is 113 Å². The lowest BCUT2D eigenvalue weighted by atomic mass is 9.94. The third kappa shape index (κ3) is 6.40. The van der Waals surface area contributed by atoms with E-state index in [0.29, 0.717) is 5.92 Å². The van der Waals surface area contributed by atoms with Gasteiger partial charge in [-0.25, -0.2) is 0 Å². The average Bonchev–Trinajstić information content (AvgIpc) is 3.18. The van der Waals surface area contributed by atoms with Gasteiger partial charge in [0.15, 0.2) is 0 Å². The maximum atomic E-state index is 4.55. The van der Waals surface area contributed by atoms with Gasteiger partial charge in [0.1, 0.15) is 5.82 Å². The molecule has 0 amide bonds. The summed E-state index contributed by atoms with van der Waals surface area (Å²) in [6.45, 7) is 26.8. The van der Waals surface area contributed by atoms with E-state index in [1.807, 2.05) is 6.08 Å². The number of hydrogen-bond acceptors (Lipinski definition) is 5. The summed E-state index contributed by atoms with van der Waals surface area (Å²) in [5.41, 5.74) is 7.79. The fourth-order valence-electron chi connectivity index (χ4n) is 6.60. The van der Waals surface area contributed by atoms with E-state index in [-0.39, 0.29) is 6.04 Å². The van der Waals surface area contributed by atoms with Crippen LogP contribution in [0.2, 0.25) is 0 Å². The Bertz CT molecular complexity index is 1290. The molecule has 1 N–H and O–H groups in total. The van der Waals surface area contributed by atoms with Crippen molar-refractivity contribution in [3.8, 4) is 0 Å². The van der Waals surface area contributed by atoms with Crippen molar-refractivity contribution in [3.05, 3.63) is 110 Å². The van der Waals surface area contributed by atoms with Gasteiger partial charge in [0.2, 0.25) is 0 Å². The van der Waals surface area contributed by atoms with Crippen LogP contribution in [0.15, 0.2) is 98.6 Å². The quantitative estimate of drug-likeness (QED) is 0.373. The Kier molecular flexibility index (Phi) is 8.92. The summed E-state index contributed by atoms with van der Waals surface area (Å²) in [6, 6.07) is 17.7. The standard InChI is InChI=1S/C36H47N5/c1-7-32-16-17-34(25-35(32)29(4)38(6)36-18-15-27(2)37-28(36)3)39-23-19-31(20-24-39)26-40-21-11-12-22-41(30(40)5)33-13-9-8-10-14-33/h7-10,13-14,16-17,25,31,36-37H,1-5,11-12,15,18-24,26H2,6H3. The van der Waals surface area contributed by atoms with E-state index in [9.17, 15) is 0 Å². The maximum absolute atomic E-state index is 4.55. The molecule has 0 bridgehead atoms. The van der Waals surface area contributed by atoms with Crippen molar-refractivity contribution >= 4 is 23.1 Å². The second-order valence-electron chi connectivity index (χ2n) is 11.8. The predicted molar refractivity (Wildman–Crippen MR) is 176 cm³/mol. The Morgan fingerprint density at radius 1 is 0.951 bits per heavy atom. The van der Waals surface area contributed by atoms with Crippen molar-refractivity contribution in [1.82, 2.24) is 15.1 Å². The molecule has 0 aliphatic carbocycles. The third-order valence-corrected chi connectivity index (χ3v) is 9.18. The van der Waals surface area contributed by atoms with E-state index >= 15 is 0 Å². The van der Waals surface area contributed by atoms with Crippen LogP contribution < -0.4 is 15.1 Å². The average molecular weight is 550 g/mol. The van der Waals surface area contributed by atoms with E-state index in [1.165, 1.54) is 37.1 Å². The molecule has 3 heterocycles. The van der Waals surface area contributed by atoms with Crippen molar-refractivity contribution in [1.29, 1.82) is 0 Å². The van der Waals surface area contributed by atoms with Gasteiger partial charge < -0.3 is 24.9 Å². The Hall–Kier alpha value is -3.86. The summed E-state index contributed by atoms with van der Waals surface area (Å²) < 4.78 is 0. The molecule has 0 aromatic heterocycles. The lowest BCUT2D eigenvalue weighted by Gasteiger charge is -2.39. The van der Waals surface area contributed by atoms with E-state index in [1.54, 1.807) is 0 Å². The molecule has 216 valence electrons. The van der Waals surface area contributed by atoms with Crippen LogP contribution in [0, 0.1) is 5.92 Å². The van der Waals surface area contributed by atoms with Crippen molar-refractivity contribution in [3.63, 3.8) is 0 Å². The van der Waals surface area contributed by atoms with Crippen LogP contribution in [0.3, 0.4) is 0 Å². The van der Waals surface area contributed by atoms with Crippen LogP contribution in [0.5, 0.6) is 0 Å². The fraction of sp³-hybridized carbons (Fsp3) is 0.389. The first-order valence-electron chi connectivity index (χ1n) is 15.2. The van der Waals surface area contributed by atoms with Crippen LogP contribution in [0.4, 0.5) is 11.4 Å². The van der Waals surface area contributed by atoms with E-state index in [4.69, 9.17) is 0 Å². The molecule has 5 nitrogen and oxygen atoms in total. The molecule has 3 saturated heterocycles. The van der Waals surface area contributed by atoms with E-state index in [0.717, 1.165) is 79.6 Å². The first kappa shape index (κ1) is 28.7. The maximum Gasteiger partial charge on any atom is 0.101 e. The van der Waals surface area contributed by atoms with Gasteiger partial charge in [-0.1, -0.05) is 63.2 Å². The van der Waals surface area contributed by atoms with Crippen LogP contribution in [-0.2, 0) is 0 Å².